The van der Waals surface area contributed by atoms with E-state index in [0.717, 1.165) is 17.4 Å². The quantitative estimate of drug-likeness (QED) is 0.572. The number of hydrogen-bond donors (Lipinski definition) is 3. The topological polar surface area (TPSA) is 106 Å². The van der Waals surface area contributed by atoms with Gasteiger partial charge in [0.25, 0.3) is 5.56 Å². The van der Waals surface area contributed by atoms with Crippen LogP contribution in [0.1, 0.15) is 22.5 Å². The van der Waals surface area contributed by atoms with Crippen molar-refractivity contribution in [2.24, 2.45) is 5.73 Å². The lowest BCUT2D eigenvalue weighted by Gasteiger charge is -2.17. The molecule has 7 nitrogen and oxygen atoms in total. The summed E-state index contributed by atoms with van der Waals surface area (Å²) in [5.41, 5.74) is 5.32. The SMILES string of the molecule is Cc1c(Cn2c(CN)nc(=O)c3sc(NCCO)nc32)cccc1C(F)(F)F. The second-order valence-corrected chi connectivity index (χ2v) is 7.03. The predicted molar refractivity (Wildman–Crippen MR) is 100 cm³/mol. The number of aliphatic hydroxyl groups excluding tert-OH is 1. The molecule has 0 fully saturated rings. The van der Waals surface area contributed by atoms with Gasteiger partial charge in [0, 0.05) is 6.54 Å². The maximum Gasteiger partial charge on any atom is 0.416 e. The highest BCUT2D eigenvalue weighted by Gasteiger charge is 2.33. The summed E-state index contributed by atoms with van der Waals surface area (Å²) in [6, 6.07) is 3.96. The molecule has 0 aliphatic carbocycles. The van der Waals surface area contributed by atoms with Crippen LogP contribution in [0.25, 0.3) is 10.3 Å². The van der Waals surface area contributed by atoms with E-state index in [1.165, 1.54) is 13.0 Å². The first-order valence-corrected chi connectivity index (χ1v) is 9.18. The van der Waals surface area contributed by atoms with Gasteiger partial charge in [-0.2, -0.15) is 18.2 Å². The molecule has 0 aliphatic heterocycles. The average molecular weight is 413 g/mol. The smallest absolute Gasteiger partial charge is 0.395 e. The van der Waals surface area contributed by atoms with E-state index in [-0.39, 0.29) is 42.3 Å². The number of aliphatic hydroxyl groups is 1. The molecule has 4 N–H and O–H groups in total. The third-order valence-electron chi connectivity index (χ3n) is 4.25. The number of hydrogen-bond acceptors (Lipinski definition) is 7. The lowest BCUT2D eigenvalue weighted by Crippen LogP contribution is -2.22. The van der Waals surface area contributed by atoms with Crippen LogP contribution < -0.4 is 16.6 Å². The molecule has 2 aromatic heterocycles. The summed E-state index contributed by atoms with van der Waals surface area (Å²) >= 11 is 1.07. The van der Waals surface area contributed by atoms with Crippen molar-refractivity contribution < 1.29 is 18.3 Å². The second kappa shape index (κ2) is 7.86. The molecule has 0 aliphatic rings. The van der Waals surface area contributed by atoms with Crippen molar-refractivity contribution in [3.8, 4) is 0 Å². The minimum Gasteiger partial charge on any atom is -0.395 e. The standard InChI is InChI=1S/C17H18F3N5O2S/c1-9-10(3-2-4-11(9)17(18,19)20)8-25-12(7-21)23-15(27)13-14(25)24-16(28-13)22-5-6-26/h2-4,26H,5-8,21H2,1H3,(H,22,24). The Morgan fingerprint density at radius 1 is 1.32 bits per heavy atom. The number of thiazole rings is 1. The summed E-state index contributed by atoms with van der Waals surface area (Å²) in [4.78, 5) is 20.6. The van der Waals surface area contributed by atoms with Crippen molar-refractivity contribution in [1.29, 1.82) is 0 Å². The number of benzene rings is 1. The zero-order chi connectivity index (χ0) is 20.5. The number of aromatic nitrogens is 3. The summed E-state index contributed by atoms with van der Waals surface area (Å²) in [7, 11) is 0. The van der Waals surface area contributed by atoms with Crippen molar-refractivity contribution in [2.45, 2.75) is 26.2 Å². The zero-order valence-corrected chi connectivity index (χ0v) is 15.7. The second-order valence-electron chi connectivity index (χ2n) is 6.03. The number of alkyl halides is 3. The number of nitrogens with two attached hydrogens (primary N) is 1. The molecule has 0 amide bonds. The van der Waals surface area contributed by atoms with Crippen LogP contribution in [0.4, 0.5) is 18.3 Å². The fourth-order valence-corrected chi connectivity index (χ4v) is 3.76. The van der Waals surface area contributed by atoms with Crippen LogP contribution in [0.15, 0.2) is 23.0 Å². The molecule has 2 heterocycles. The van der Waals surface area contributed by atoms with Crippen molar-refractivity contribution in [3.63, 3.8) is 0 Å². The van der Waals surface area contributed by atoms with Gasteiger partial charge in [0.15, 0.2) is 10.8 Å². The summed E-state index contributed by atoms with van der Waals surface area (Å²) in [6.45, 7) is 1.51. The molecule has 0 unspecified atom stereocenters. The zero-order valence-electron chi connectivity index (χ0n) is 14.9. The van der Waals surface area contributed by atoms with Gasteiger partial charge in [-0.25, -0.2) is 4.98 Å². The molecular weight excluding hydrogens is 395 g/mol. The van der Waals surface area contributed by atoms with E-state index in [9.17, 15) is 18.0 Å². The Hall–Kier alpha value is -2.50. The first-order valence-electron chi connectivity index (χ1n) is 8.37. The van der Waals surface area contributed by atoms with Crippen molar-refractivity contribution >= 4 is 26.8 Å². The molecular formula is C17H18F3N5O2S. The molecule has 0 spiro atoms. The van der Waals surface area contributed by atoms with Gasteiger partial charge < -0.3 is 20.7 Å². The van der Waals surface area contributed by atoms with E-state index in [1.807, 2.05) is 0 Å². The van der Waals surface area contributed by atoms with Gasteiger partial charge in [-0.05, 0) is 24.1 Å². The van der Waals surface area contributed by atoms with Crippen LogP contribution in [0.3, 0.4) is 0 Å². The molecule has 0 saturated carbocycles. The molecule has 11 heteroatoms. The number of anilines is 1. The van der Waals surface area contributed by atoms with Gasteiger partial charge in [-0.1, -0.05) is 23.5 Å². The van der Waals surface area contributed by atoms with Crippen LogP contribution in [0.5, 0.6) is 0 Å². The van der Waals surface area contributed by atoms with E-state index in [0.29, 0.717) is 16.3 Å². The molecule has 3 aromatic rings. The molecule has 0 saturated heterocycles. The van der Waals surface area contributed by atoms with Crippen molar-refractivity contribution in [1.82, 2.24) is 14.5 Å². The van der Waals surface area contributed by atoms with Gasteiger partial charge in [0.2, 0.25) is 0 Å². The summed E-state index contributed by atoms with van der Waals surface area (Å²) in [6.07, 6.45) is -4.46. The van der Waals surface area contributed by atoms with E-state index in [1.54, 1.807) is 10.6 Å². The van der Waals surface area contributed by atoms with E-state index < -0.39 is 17.3 Å². The Morgan fingerprint density at radius 2 is 2.07 bits per heavy atom. The first kappa shape index (κ1) is 20.2. The van der Waals surface area contributed by atoms with Crippen LogP contribution in [-0.2, 0) is 19.3 Å². The maximum atomic E-state index is 13.2. The van der Waals surface area contributed by atoms with Gasteiger partial charge >= 0.3 is 6.18 Å². The number of halogens is 3. The van der Waals surface area contributed by atoms with Crippen LogP contribution in [0.2, 0.25) is 0 Å². The summed E-state index contributed by atoms with van der Waals surface area (Å²) in [5.74, 6) is 0.230. The maximum absolute atomic E-state index is 13.2. The molecule has 28 heavy (non-hydrogen) atoms. The van der Waals surface area contributed by atoms with E-state index in [4.69, 9.17) is 10.8 Å². The van der Waals surface area contributed by atoms with E-state index in [2.05, 4.69) is 15.3 Å². The molecule has 0 bridgehead atoms. The summed E-state index contributed by atoms with van der Waals surface area (Å²) in [5, 5.41) is 12.2. The highest BCUT2D eigenvalue weighted by molar-refractivity contribution is 7.22. The van der Waals surface area contributed by atoms with E-state index >= 15 is 0 Å². The molecule has 3 rings (SSSR count). The third-order valence-corrected chi connectivity index (χ3v) is 5.24. The Labute approximate surface area is 161 Å². The fraction of sp³-hybridized carbons (Fsp3) is 0.353. The number of fused-ring (bicyclic) bond motifs is 1. The first-order chi connectivity index (χ1) is 13.3. The lowest BCUT2D eigenvalue weighted by molar-refractivity contribution is -0.138. The molecule has 0 atom stereocenters. The predicted octanol–water partition coefficient (Wildman–Crippen LogP) is 2.09. The lowest BCUT2D eigenvalue weighted by atomic mass is 10.0. The van der Waals surface area contributed by atoms with Crippen LogP contribution in [0, 0.1) is 6.92 Å². The largest absolute Gasteiger partial charge is 0.416 e. The number of rotatable bonds is 6. The molecule has 0 radical (unpaired) electrons. The van der Waals surface area contributed by atoms with Crippen LogP contribution >= 0.6 is 11.3 Å². The van der Waals surface area contributed by atoms with Crippen molar-refractivity contribution in [3.05, 3.63) is 51.1 Å². The van der Waals surface area contributed by atoms with Gasteiger partial charge in [-0.3, -0.25) is 4.79 Å². The van der Waals surface area contributed by atoms with Gasteiger partial charge in [-0.15, -0.1) is 0 Å². The minimum atomic E-state index is -4.46. The monoisotopic (exact) mass is 413 g/mol. The summed E-state index contributed by atoms with van der Waals surface area (Å²) < 4.78 is 41.5. The average Bonchev–Trinajstić information content (AvgIpc) is 3.07. The number of nitrogens with zero attached hydrogens (tertiary/aromatic N) is 3. The normalized spacial score (nSPS) is 11.9. The van der Waals surface area contributed by atoms with Crippen LogP contribution in [-0.4, -0.2) is 32.8 Å². The third kappa shape index (κ3) is 3.86. The fourth-order valence-electron chi connectivity index (χ4n) is 2.88. The molecule has 1 aromatic carbocycles. The van der Waals surface area contributed by atoms with Gasteiger partial charge in [0.05, 0.1) is 25.3 Å². The van der Waals surface area contributed by atoms with Crippen molar-refractivity contribution in [2.75, 3.05) is 18.5 Å². The highest BCUT2D eigenvalue weighted by Crippen LogP contribution is 2.33. The molecule has 150 valence electrons. The Kier molecular flexibility index (Phi) is 5.68. The highest BCUT2D eigenvalue weighted by atomic mass is 32.1. The van der Waals surface area contributed by atoms with Gasteiger partial charge in [0.1, 0.15) is 10.5 Å². The Morgan fingerprint density at radius 3 is 2.71 bits per heavy atom. The Bertz CT molecular complexity index is 1060. The number of nitrogens with one attached hydrogen (secondary N) is 1. The minimum absolute atomic E-state index is 0.0369. The Balaban J connectivity index is 2.14.